The number of anilines is 1. The van der Waals surface area contributed by atoms with Gasteiger partial charge in [-0.15, -0.1) is 0 Å². The zero-order valence-corrected chi connectivity index (χ0v) is 17.6. The first kappa shape index (κ1) is 20.3. The van der Waals surface area contributed by atoms with Gasteiger partial charge >= 0.3 is 0 Å². The monoisotopic (exact) mass is 411 g/mol. The SMILES string of the molecule is COc1ccccc1N1CCN(CC(=O)N[C@@H](C)c2ccc3c(c2)OCCO3)CC1. The lowest BCUT2D eigenvalue weighted by molar-refractivity contribution is -0.123. The van der Waals surface area contributed by atoms with Gasteiger partial charge in [-0.05, 0) is 36.8 Å². The van der Waals surface area contributed by atoms with E-state index >= 15 is 0 Å². The van der Waals surface area contributed by atoms with Crippen LogP contribution in [-0.2, 0) is 4.79 Å². The van der Waals surface area contributed by atoms with Gasteiger partial charge in [-0.1, -0.05) is 18.2 Å². The maximum Gasteiger partial charge on any atom is 0.234 e. The average Bonchev–Trinajstić information content (AvgIpc) is 2.79. The summed E-state index contributed by atoms with van der Waals surface area (Å²) in [6.45, 7) is 6.92. The van der Waals surface area contributed by atoms with E-state index < -0.39 is 0 Å². The predicted octanol–water partition coefficient (Wildman–Crippen LogP) is 2.47. The number of methoxy groups -OCH3 is 1. The highest BCUT2D eigenvalue weighted by molar-refractivity contribution is 5.78. The van der Waals surface area contributed by atoms with Crippen LogP contribution in [-0.4, -0.2) is 63.9 Å². The van der Waals surface area contributed by atoms with E-state index in [0.717, 1.165) is 54.7 Å². The molecule has 1 atom stereocenters. The van der Waals surface area contributed by atoms with Gasteiger partial charge in [-0.25, -0.2) is 0 Å². The summed E-state index contributed by atoms with van der Waals surface area (Å²) >= 11 is 0. The van der Waals surface area contributed by atoms with Crippen LogP contribution < -0.4 is 24.4 Å². The Hall–Kier alpha value is -2.93. The van der Waals surface area contributed by atoms with E-state index in [2.05, 4.69) is 21.2 Å². The molecule has 7 heteroatoms. The largest absolute Gasteiger partial charge is 0.495 e. The van der Waals surface area contributed by atoms with Crippen molar-refractivity contribution in [1.29, 1.82) is 0 Å². The molecule has 2 aromatic rings. The molecule has 0 saturated carbocycles. The number of hydrogen-bond acceptors (Lipinski definition) is 6. The molecule has 7 nitrogen and oxygen atoms in total. The zero-order chi connectivity index (χ0) is 20.9. The minimum Gasteiger partial charge on any atom is -0.495 e. The molecular weight excluding hydrogens is 382 g/mol. The van der Waals surface area contributed by atoms with E-state index in [1.807, 2.05) is 43.3 Å². The maximum atomic E-state index is 12.6. The molecule has 2 aromatic carbocycles. The number of ether oxygens (including phenoxy) is 3. The van der Waals surface area contributed by atoms with Crippen LogP contribution in [0.1, 0.15) is 18.5 Å². The Morgan fingerprint density at radius 3 is 2.57 bits per heavy atom. The fourth-order valence-electron chi connectivity index (χ4n) is 3.94. The van der Waals surface area contributed by atoms with Crippen LogP contribution in [0.4, 0.5) is 5.69 Å². The quantitative estimate of drug-likeness (QED) is 0.788. The van der Waals surface area contributed by atoms with Crippen LogP contribution in [0.25, 0.3) is 0 Å². The Labute approximate surface area is 177 Å². The molecule has 2 aliphatic rings. The lowest BCUT2D eigenvalue weighted by atomic mass is 10.1. The number of amides is 1. The Morgan fingerprint density at radius 1 is 1.07 bits per heavy atom. The number of piperazine rings is 1. The van der Waals surface area contributed by atoms with Crippen LogP contribution in [0.15, 0.2) is 42.5 Å². The average molecular weight is 412 g/mol. The highest BCUT2D eigenvalue weighted by Crippen LogP contribution is 2.32. The van der Waals surface area contributed by atoms with Crippen LogP contribution in [0.2, 0.25) is 0 Å². The molecule has 1 saturated heterocycles. The van der Waals surface area contributed by atoms with Crippen molar-refractivity contribution < 1.29 is 19.0 Å². The third-order valence-corrected chi connectivity index (χ3v) is 5.61. The summed E-state index contributed by atoms with van der Waals surface area (Å²) in [4.78, 5) is 17.1. The van der Waals surface area contributed by atoms with Gasteiger partial charge in [-0.2, -0.15) is 0 Å². The number of rotatable bonds is 6. The number of benzene rings is 2. The molecule has 1 amide bonds. The number of para-hydroxylation sites is 2. The topological polar surface area (TPSA) is 63.3 Å². The van der Waals surface area contributed by atoms with Crippen molar-refractivity contribution in [2.75, 3.05) is 57.9 Å². The van der Waals surface area contributed by atoms with Crippen molar-refractivity contribution >= 4 is 11.6 Å². The molecule has 4 rings (SSSR count). The summed E-state index contributed by atoms with van der Waals surface area (Å²) in [6, 6.07) is 13.8. The molecule has 0 bridgehead atoms. The molecule has 160 valence electrons. The van der Waals surface area contributed by atoms with Crippen LogP contribution in [0.3, 0.4) is 0 Å². The third-order valence-electron chi connectivity index (χ3n) is 5.61. The smallest absolute Gasteiger partial charge is 0.234 e. The summed E-state index contributed by atoms with van der Waals surface area (Å²) in [5.41, 5.74) is 2.12. The molecule has 0 spiro atoms. The van der Waals surface area contributed by atoms with Gasteiger partial charge in [0, 0.05) is 26.2 Å². The van der Waals surface area contributed by atoms with Crippen molar-refractivity contribution in [3.05, 3.63) is 48.0 Å². The molecule has 2 heterocycles. The third kappa shape index (κ3) is 4.62. The van der Waals surface area contributed by atoms with Crippen molar-refractivity contribution in [1.82, 2.24) is 10.2 Å². The molecule has 1 fully saturated rings. The van der Waals surface area contributed by atoms with Gasteiger partial charge in [-0.3, -0.25) is 9.69 Å². The second kappa shape index (κ2) is 9.26. The highest BCUT2D eigenvalue weighted by Gasteiger charge is 2.22. The van der Waals surface area contributed by atoms with Crippen LogP contribution >= 0.6 is 0 Å². The van der Waals surface area contributed by atoms with Gasteiger partial charge < -0.3 is 24.4 Å². The molecule has 0 aliphatic carbocycles. The molecular formula is C23H29N3O4. The summed E-state index contributed by atoms with van der Waals surface area (Å²) in [5, 5.41) is 3.10. The van der Waals surface area contributed by atoms with E-state index in [0.29, 0.717) is 19.8 Å². The number of hydrogen-bond donors (Lipinski definition) is 1. The lowest BCUT2D eigenvalue weighted by Gasteiger charge is -2.36. The minimum atomic E-state index is -0.0943. The molecule has 0 unspecified atom stereocenters. The van der Waals surface area contributed by atoms with E-state index in [9.17, 15) is 4.79 Å². The normalized spacial score (nSPS) is 17.3. The first-order valence-electron chi connectivity index (χ1n) is 10.4. The molecule has 30 heavy (non-hydrogen) atoms. The number of nitrogens with one attached hydrogen (secondary N) is 1. The number of fused-ring (bicyclic) bond motifs is 1. The Bertz CT molecular complexity index is 881. The summed E-state index contributed by atoms with van der Waals surface area (Å²) in [7, 11) is 1.70. The Kier molecular flexibility index (Phi) is 6.28. The van der Waals surface area contributed by atoms with E-state index in [-0.39, 0.29) is 11.9 Å². The summed E-state index contributed by atoms with van der Waals surface area (Å²) < 4.78 is 16.7. The first-order chi connectivity index (χ1) is 14.6. The minimum absolute atomic E-state index is 0.0307. The van der Waals surface area contributed by atoms with Gasteiger partial charge in [0.05, 0.1) is 25.4 Å². The standard InChI is InChI=1S/C23H29N3O4/c1-17(18-7-8-21-22(15-18)30-14-13-29-21)24-23(27)16-25-9-11-26(12-10-25)19-5-3-4-6-20(19)28-2/h3-8,15,17H,9-14,16H2,1-2H3,(H,24,27)/t17-/m0/s1. The van der Waals surface area contributed by atoms with Crippen molar-refractivity contribution in [3.8, 4) is 17.2 Å². The van der Waals surface area contributed by atoms with Gasteiger partial charge in [0.1, 0.15) is 19.0 Å². The lowest BCUT2D eigenvalue weighted by Crippen LogP contribution is -2.49. The fourth-order valence-corrected chi connectivity index (χ4v) is 3.94. The van der Waals surface area contributed by atoms with Gasteiger partial charge in [0.15, 0.2) is 11.5 Å². The highest BCUT2D eigenvalue weighted by atomic mass is 16.6. The number of nitrogens with zero attached hydrogens (tertiary/aromatic N) is 2. The summed E-state index contributed by atoms with van der Waals surface area (Å²) in [6.07, 6.45) is 0. The number of carbonyl (C=O) groups excluding carboxylic acids is 1. The van der Waals surface area contributed by atoms with Gasteiger partial charge in [0.25, 0.3) is 0 Å². The number of carbonyl (C=O) groups is 1. The molecule has 2 aliphatic heterocycles. The van der Waals surface area contributed by atoms with Crippen LogP contribution in [0.5, 0.6) is 17.2 Å². The van der Waals surface area contributed by atoms with E-state index in [1.54, 1.807) is 7.11 Å². The molecule has 0 aromatic heterocycles. The molecule has 0 radical (unpaired) electrons. The predicted molar refractivity (Wildman–Crippen MR) is 116 cm³/mol. The molecule has 1 N–H and O–H groups in total. The van der Waals surface area contributed by atoms with E-state index in [1.165, 1.54) is 0 Å². The second-order valence-corrected chi connectivity index (χ2v) is 7.63. The van der Waals surface area contributed by atoms with Crippen molar-refractivity contribution in [3.63, 3.8) is 0 Å². The maximum absolute atomic E-state index is 12.6. The van der Waals surface area contributed by atoms with Crippen molar-refractivity contribution in [2.24, 2.45) is 0 Å². The summed E-state index contributed by atoms with van der Waals surface area (Å²) in [5.74, 6) is 2.42. The Morgan fingerprint density at radius 2 is 1.80 bits per heavy atom. The van der Waals surface area contributed by atoms with Crippen LogP contribution in [0, 0.1) is 0 Å². The Balaban J connectivity index is 1.28. The first-order valence-corrected chi connectivity index (χ1v) is 10.4. The van der Waals surface area contributed by atoms with Crippen molar-refractivity contribution in [2.45, 2.75) is 13.0 Å². The van der Waals surface area contributed by atoms with Gasteiger partial charge in [0.2, 0.25) is 5.91 Å². The zero-order valence-electron chi connectivity index (χ0n) is 17.6. The second-order valence-electron chi connectivity index (χ2n) is 7.63. The van der Waals surface area contributed by atoms with E-state index in [4.69, 9.17) is 14.2 Å². The fraction of sp³-hybridized carbons (Fsp3) is 0.435.